The third kappa shape index (κ3) is 3.16. The van der Waals surface area contributed by atoms with E-state index in [4.69, 9.17) is 28.9 Å². The fourth-order valence-corrected chi connectivity index (χ4v) is 2.77. The monoisotopic (exact) mass is 287 g/mol. The van der Waals surface area contributed by atoms with Crippen molar-refractivity contribution in [3.63, 3.8) is 0 Å². The minimum Gasteiger partial charge on any atom is -0.330 e. The molecule has 0 aliphatic heterocycles. The van der Waals surface area contributed by atoms with Gasteiger partial charge in [0.25, 0.3) is 0 Å². The molecule has 0 aromatic carbocycles. The fourth-order valence-electron chi connectivity index (χ4n) is 1.39. The molecule has 0 atom stereocenters. The Bertz CT molecular complexity index is 513. The van der Waals surface area contributed by atoms with Crippen LogP contribution in [0.2, 0.25) is 10.0 Å². The van der Waals surface area contributed by atoms with E-state index >= 15 is 0 Å². The molecule has 0 spiro atoms. The normalized spacial score (nSPS) is 10.8. The Balaban J connectivity index is 2.24. The van der Waals surface area contributed by atoms with Crippen LogP contribution in [0.3, 0.4) is 0 Å². The van der Waals surface area contributed by atoms with Gasteiger partial charge >= 0.3 is 0 Å². The molecular formula is C11H11Cl2N3S. The highest BCUT2D eigenvalue weighted by Gasteiger charge is 2.10. The molecule has 0 saturated heterocycles. The maximum absolute atomic E-state index is 6.08. The Kier molecular flexibility index (Phi) is 4.34. The van der Waals surface area contributed by atoms with Crippen molar-refractivity contribution in [1.29, 1.82) is 0 Å². The number of pyridine rings is 1. The summed E-state index contributed by atoms with van der Waals surface area (Å²) in [6.07, 6.45) is 3.40. The smallest absolute Gasteiger partial charge is 0.143 e. The second kappa shape index (κ2) is 5.78. The van der Waals surface area contributed by atoms with Gasteiger partial charge in [0.2, 0.25) is 0 Å². The van der Waals surface area contributed by atoms with Crippen molar-refractivity contribution in [2.45, 2.75) is 12.8 Å². The van der Waals surface area contributed by atoms with Crippen molar-refractivity contribution >= 4 is 34.5 Å². The van der Waals surface area contributed by atoms with Crippen LogP contribution >= 0.6 is 34.5 Å². The molecule has 0 amide bonds. The highest BCUT2D eigenvalue weighted by molar-refractivity contribution is 7.13. The second-order valence-electron chi connectivity index (χ2n) is 3.52. The molecule has 6 heteroatoms. The van der Waals surface area contributed by atoms with E-state index in [0.717, 1.165) is 23.5 Å². The van der Waals surface area contributed by atoms with Crippen LogP contribution in [0.15, 0.2) is 17.6 Å². The predicted molar refractivity (Wildman–Crippen MR) is 72.7 cm³/mol. The summed E-state index contributed by atoms with van der Waals surface area (Å²) in [4.78, 5) is 8.68. The molecule has 0 bridgehead atoms. The van der Waals surface area contributed by atoms with Crippen LogP contribution in [0.25, 0.3) is 10.7 Å². The Morgan fingerprint density at radius 3 is 2.88 bits per heavy atom. The average molecular weight is 288 g/mol. The van der Waals surface area contributed by atoms with Crippen LogP contribution in [-0.2, 0) is 6.42 Å². The standard InChI is InChI=1S/C11H11Cl2N3S/c12-7-4-9(13)10(15-5-7)11-16-8(6-17-11)2-1-3-14/h4-6H,1-3,14H2. The number of thiazole rings is 1. The molecule has 3 nitrogen and oxygen atoms in total. The number of nitrogens with two attached hydrogens (primary N) is 1. The predicted octanol–water partition coefficient (Wildman–Crippen LogP) is 3.40. The van der Waals surface area contributed by atoms with Gasteiger partial charge in [0.05, 0.1) is 15.7 Å². The molecule has 0 fully saturated rings. The van der Waals surface area contributed by atoms with Crippen molar-refractivity contribution in [3.05, 3.63) is 33.4 Å². The van der Waals surface area contributed by atoms with E-state index in [9.17, 15) is 0 Å². The lowest BCUT2D eigenvalue weighted by atomic mass is 10.2. The van der Waals surface area contributed by atoms with Gasteiger partial charge in [-0.15, -0.1) is 11.3 Å². The van der Waals surface area contributed by atoms with Crippen molar-refractivity contribution < 1.29 is 0 Å². The molecule has 2 aromatic rings. The first-order valence-corrected chi connectivity index (χ1v) is 6.80. The van der Waals surface area contributed by atoms with Crippen molar-refractivity contribution in [1.82, 2.24) is 9.97 Å². The molecule has 2 aromatic heterocycles. The summed E-state index contributed by atoms with van der Waals surface area (Å²) in [5, 5.41) is 3.88. The van der Waals surface area contributed by atoms with Gasteiger partial charge in [-0.3, -0.25) is 4.98 Å². The van der Waals surface area contributed by atoms with E-state index < -0.39 is 0 Å². The zero-order chi connectivity index (χ0) is 12.3. The number of hydrogen-bond donors (Lipinski definition) is 1. The van der Waals surface area contributed by atoms with Crippen LogP contribution in [0.4, 0.5) is 0 Å². The van der Waals surface area contributed by atoms with Gasteiger partial charge in [-0.1, -0.05) is 23.2 Å². The molecule has 90 valence electrons. The van der Waals surface area contributed by atoms with Gasteiger partial charge in [0.15, 0.2) is 0 Å². The molecule has 2 rings (SSSR count). The lowest BCUT2D eigenvalue weighted by Gasteiger charge is -1.99. The van der Waals surface area contributed by atoms with Gasteiger partial charge in [0, 0.05) is 11.6 Å². The van der Waals surface area contributed by atoms with Gasteiger partial charge in [-0.2, -0.15) is 0 Å². The first-order chi connectivity index (χ1) is 8.20. The van der Waals surface area contributed by atoms with Crippen LogP contribution in [0, 0.1) is 0 Å². The second-order valence-corrected chi connectivity index (χ2v) is 5.22. The number of hydrogen-bond acceptors (Lipinski definition) is 4. The molecule has 0 radical (unpaired) electrons. The maximum atomic E-state index is 6.08. The van der Waals surface area contributed by atoms with E-state index in [2.05, 4.69) is 9.97 Å². The summed E-state index contributed by atoms with van der Waals surface area (Å²) in [5.41, 5.74) is 7.17. The molecule has 0 saturated carbocycles. The van der Waals surface area contributed by atoms with Gasteiger partial charge in [0.1, 0.15) is 10.7 Å². The molecule has 2 heterocycles. The molecule has 0 aliphatic rings. The summed E-state index contributed by atoms with van der Waals surface area (Å²) >= 11 is 13.4. The largest absolute Gasteiger partial charge is 0.330 e. The zero-order valence-electron chi connectivity index (χ0n) is 8.99. The summed E-state index contributed by atoms with van der Waals surface area (Å²) in [5.74, 6) is 0. The fraction of sp³-hybridized carbons (Fsp3) is 0.273. The van der Waals surface area contributed by atoms with E-state index in [1.165, 1.54) is 11.3 Å². The van der Waals surface area contributed by atoms with Crippen LogP contribution < -0.4 is 5.73 Å². The summed E-state index contributed by atoms with van der Waals surface area (Å²) in [7, 11) is 0. The molecule has 2 N–H and O–H groups in total. The third-order valence-electron chi connectivity index (χ3n) is 2.20. The highest BCUT2D eigenvalue weighted by Crippen LogP contribution is 2.30. The van der Waals surface area contributed by atoms with Crippen LogP contribution in [0.5, 0.6) is 0 Å². The number of aromatic nitrogens is 2. The zero-order valence-corrected chi connectivity index (χ0v) is 11.3. The number of halogens is 2. The van der Waals surface area contributed by atoms with Crippen LogP contribution in [0.1, 0.15) is 12.1 Å². The van der Waals surface area contributed by atoms with Gasteiger partial charge < -0.3 is 5.73 Å². The van der Waals surface area contributed by atoms with E-state index in [1.807, 2.05) is 5.38 Å². The topological polar surface area (TPSA) is 51.8 Å². The molecular weight excluding hydrogens is 277 g/mol. The number of aryl methyl sites for hydroxylation is 1. The van der Waals surface area contributed by atoms with Crippen LogP contribution in [-0.4, -0.2) is 16.5 Å². The molecule has 17 heavy (non-hydrogen) atoms. The lowest BCUT2D eigenvalue weighted by Crippen LogP contribution is -2.00. The van der Waals surface area contributed by atoms with E-state index in [0.29, 0.717) is 22.3 Å². The van der Waals surface area contributed by atoms with Gasteiger partial charge in [-0.05, 0) is 25.5 Å². The Hall–Kier alpha value is -0.680. The SMILES string of the molecule is NCCCc1csc(-c2ncc(Cl)cc2Cl)n1. The Morgan fingerprint density at radius 2 is 2.18 bits per heavy atom. The minimum absolute atomic E-state index is 0.525. The number of rotatable bonds is 4. The van der Waals surface area contributed by atoms with Crippen molar-refractivity contribution in [3.8, 4) is 10.7 Å². The Labute approximate surface area is 114 Å². The quantitative estimate of drug-likeness (QED) is 0.938. The van der Waals surface area contributed by atoms with E-state index in [1.54, 1.807) is 12.3 Å². The molecule has 0 unspecified atom stereocenters. The van der Waals surface area contributed by atoms with Crippen molar-refractivity contribution in [2.24, 2.45) is 5.73 Å². The average Bonchev–Trinajstić information content (AvgIpc) is 2.75. The minimum atomic E-state index is 0.525. The van der Waals surface area contributed by atoms with Crippen molar-refractivity contribution in [2.75, 3.05) is 6.54 Å². The number of nitrogens with zero attached hydrogens (tertiary/aromatic N) is 2. The van der Waals surface area contributed by atoms with E-state index in [-0.39, 0.29) is 0 Å². The lowest BCUT2D eigenvalue weighted by molar-refractivity contribution is 0.816. The molecule has 0 aliphatic carbocycles. The third-order valence-corrected chi connectivity index (χ3v) is 3.59. The maximum Gasteiger partial charge on any atom is 0.143 e. The summed E-state index contributed by atoms with van der Waals surface area (Å²) in [6, 6.07) is 1.67. The first kappa shape index (κ1) is 12.8. The first-order valence-electron chi connectivity index (χ1n) is 5.16. The summed E-state index contributed by atoms with van der Waals surface area (Å²) in [6.45, 7) is 0.673. The van der Waals surface area contributed by atoms with Gasteiger partial charge in [-0.25, -0.2) is 4.98 Å². The Morgan fingerprint density at radius 1 is 1.35 bits per heavy atom. The highest BCUT2D eigenvalue weighted by atomic mass is 35.5. The summed E-state index contributed by atoms with van der Waals surface area (Å²) < 4.78 is 0.